The first kappa shape index (κ1) is 12.3. The minimum Gasteiger partial charge on any atom is -0.378 e. The Morgan fingerprint density at radius 2 is 2.41 bits per heavy atom. The van der Waals surface area contributed by atoms with Gasteiger partial charge in [-0.25, -0.2) is 0 Å². The van der Waals surface area contributed by atoms with E-state index in [0.29, 0.717) is 13.0 Å². The molecule has 0 saturated carbocycles. The normalized spacial score (nSPS) is 20.2. The first-order valence-corrected chi connectivity index (χ1v) is 6.23. The summed E-state index contributed by atoms with van der Waals surface area (Å²) >= 11 is 0. The molecular weight excluding hydrogens is 214 g/mol. The predicted molar refractivity (Wildman–Crippen MR) is 67.4 cm³/mol. The molecule has 3 heteroatoms. The Balaban J connectivity index is 1.98. The zero-order valence-corrected chi connectivity index (χ0v) is 10.2. The number of hydrogen-bond acceptors (Lipinski definition) is 3. The molecule has 0 radical (unpaired) electrons. The van der Waals surface area contributed by atoms with Crippen LogP contribution >= 0.6 is 0 Å². The molecule has 0 spiro atoms. The van der Waals surface area contributed by atoms with Gasteiger partial charge in [-0.2, -0.15) is 0 Å². The molecule has 1 N–H and O–H groups in total. The van der Waals surface area contributed by atoms with Gasteiger partial charge in [0.05, 0.1) is 13.2 Å². The molecule has 3 nitrogen and oxygen atoms in total. The number of aryl methyl sites for hydroxylation is 1. The molecule has 0 amide bonds. The van der Waals surface area contributed by atoms with Crippen LogP contribution in [-0.4, -0.2) is 31.6 Å². The van der Waals surface area contributed by atoms with E-state index in [1.807, 2.05) is 18.2 Å². The molecule has 1 saturated heterocycles. The number of nitrogens with one attached hydrogen (secondary N) is 1. The second-order valence-corrected chi connectivity index (χ2v) is 4.41. The van der Waals surface area contributed by atoms with E-state index in [-0.39, 0.29) is 11.8 Å². The van der Waals surface area contributed by atoms with E-state index in [9.17, 15) is 4.79 Å². The Morgan fingerprint density at radius 3 is 3.12 bits per heavy atom. The van der Waals surface area contributed by atoms with Gasteiger partial charge in [0.15, 0.2) is 5.78 Å². The van der Waals surface area contributed by atoms with E-state index in [0.717, 1.165) is 25.1 Å². The first-order valence-electron chi connectivity index (χ1n) is 6.23. The van der Waals surface area contributed by atoms with Crippen molar-refractivity contribution in [3.8, 4) is 0 Å². The predicted octanol–water partition coefficient (Wildman–Crippen LogP) is 1.81. The molecule has 1 heterocycles. The van der Waals surface area contributed by atoms with Crippen LogP contribution in [0.1, 0.15) is 29.3 Å². The summed E-state index contributed by atoms with van der Waals surface area (Å²) < 4.78 is 5.35. The number of Topliss-reactive ketones (excluding diaryl/α,β-unsaturated/α-hetero) is 1. The summed E-state index contributed by atoms with van der Waals surface area (Å²) in [5.74, 6) is 0.198. The summed E-state index contributed by atoms with van der Waals surface area (Å²) in [5, 5.41) is 3.30. The third-order valence-electron chi connectivity index (χ3n) is 3.09. The topological polar surface area (TPSA) is 38.3 Å². The van der Waals surface area contributed by atoms with Crippen LogP contribution in [0.5, 0.6) is 0 Å². The van der Waals surface area contributed by atoms with Crippen molar-refractivity contribution in [2.45, 2.75) is 25.8 Å². The van der Waals surface area contributed by atoms with Crippen molar-refractivity contribution in [1.82, 2.24) is 5.32 Å². The molecule has 1 atom stereocenters. The smallest absolute Gasteiger partial charge is 0.164 e. The molecule has 1 unspecified atom stereocenters. The van der Waals surface area contributed by atoms with Crippen LogP contribution in [0.4, 0.5) is 0 Å². The lowest BCUT2D eigenvalue weighted by Crippen LogP contribution is -2.42. The Kier molecular flexibility index (Phi) is 4.29. The van der Waals surface area contributed by atoms with Gasteiger partial charge in [-0.05, 0) is 18.1 Å². The molecule has 92 valence electrons. The number of rotatable bonds is 4. The Bertz CT molecular complexity index is 384. The van der Waals surface area contributed by atoms with Gasteiger partial charge in [-0.3, -0.25) is 4.79 Å². The highest BCUT2D eigenvalue weighted by molar-refractivity contribution is 5.96. The Labute approximate surface area is 102 Å². The summed E-state index contributed by atoms with van der Waals surface area (Å²) in [5.41, 5.74) is 2.03. The van der Waals surface area contributed by atoms with Crippen molar-refractivity contribution >= 4 is 5.78 Å². The molecule has 0 aliphatic carbocycles. The highest BCUT2D eigenvalue weighted by Crippen LogP contribution is 2.10. The largest absolute Gasteiger partial charge is 0.378 e. The lowest BCUT2D eigenvalue weighted by atomic mass is 10.0. The van der Waals surface area contributed by atoms with Crippen LogP contribution in [-0.2, 0) is 11.2 Å². The number of hydrogen-bond donors (Lipinski definition) is 1. The number of benzene rings is 1. The summed E-state index contributed by atoms with van der Waals surface area (Å²) in [6, 6.07) is 8.06. The quantitative estimate of drug-likeness (QED) is 0.806. The van der Waals surface area contributed by atoms with E-state index < -0.39 is 0 Å². The van der Waals surface area contributed by atoms with Crippen molar-refractivity contribution in [1.29, 1.82) is 0 Å². The molecule has 0 bridgehead atoms. The molecule has 0 aromatic heterocycles. The fraction of sp³-hybridized carbons (Fsp3) is 0.500. The third-order valence-corrected chi connectivity index (χ3v) is 3.09. The maximum Gasteiger partial charge on any atom is 0.164 e. The fourth-order valence-electron chi connectivity index (χ4n) is 2.06. The molecule has 17 heavy (non-hydrogen) atoms. The zero-order valence-electron chi connectivity index (χ0n) is 10.2. The minimum absolute atomic E-state index is 0.168. The second-order valence-electron chi connectivity index (χ2n) is 4.41. The maximum atomic E-state index is 12.1. The molecule has 1 aromatic carbocycles. The number of morpholine rings is 1. The van der Waals surface area contributed by atoms with Gasteiger partial charge in [-0.15, -0.1) is 0 Å². The average Bonchev–Trinajstić information content (AvgIpc) is 2.40. The van der Waals surface area contributed by atoms with Crippen molar-refractivity contribution in [3.63, 3.8) is 0 Å². The third kappa shape index (κ3) is 3.38. The Morgan fingerprint density at radius 1 is 1.53 bits per heavy atom. The molecule has 2 rings (SSSR count). The molecule has 1 aliphatic heterocycles. The maximum absolute atomic E-state index is 12.1. The van der Waals surface area contributed by atoms with Crippen LogP contribution in [0.2, 0.25) is 0 Å². The standard InChI is InChI=1S/C14H19NO2/c1-2-11-4-3-5-12(8-11)14(16)9-13-10-17-7-6-15-13/h3-5,8,13,15H,2,6-7,9-10H2,1H3. The Hall–Kier alpha value is -1.19. The van der Waals surface area contributed by atoms with E-state index in [1.54, 1.807) is 0 Å². The van der Waals surface area contributed by atoms with Crippen molar-refractivity contribution < 1.29 is 9.53 Å². The second kappa shape index (κ2) is 5.94. The van der Waals surface area contributed by atoms with E-state index >= 15 is 0 Å². The lowest BCUT2D eigenvalue weighted by Gasteiger charge is -2.23. The van der Waals surface area contributed by atoms with Crippen molar-refractivity contribution in [2.24, 2.45) is 0 Å². The molecule has 1 fully saturated rings. The summed E-state index contributed by atoms with van der Waals surface area (Å²) in [6.07, 6.45) is 1.49. The highest BCUT2D eigenvalue weighted by atomic mass is 16.5. The van der Waals surface area contributed by atoms with Gasteiger partial charge < -0.3 is 10.1 Å². The summed E-state index contributed by atoms with van der Waals surface area (Å²) in [7, 11) is 0. The fourth-order valence-corrected chi connectivity index (χ4v) is 2.06. The van der Waals surface area contributed by atoms with Gasteiger partial charge in [0, 0.05) is 24.6 Å². The number of ether oxygens (including phenoxy) is 1. The van der Waals surface area contributed by atoms with Gasteiger partial charge in [-0.1, -0.05) is 25.1 Å². The van der Waals surface area contributed by atoms with Crippen LogP contribution in [0.15, 0.2) is 24.3 Å². The zero-order chi connectivity index (χ0) is 12.1. The monoisotopic (exact) mass is 233 g/mol. The van der Waals surface area contributed by atoms with Crippen LogP contribution in [0, 0.1) is 0 Å². The number of carbonyl (C=O) groups excluding carboxylic acids is 1. The SMILES string of the molecule is CCc1cccc(C(=O)CC2COCCN2)c1. The van der Waals surface area contributed by atoms with E-state index in [4.69, 9.17) is 4.74 Å². The average molecular weight is 233 g/mol. The highest BCUT2D eigenvalue weighted by Gasteiger charge is 2.17. The van der Waals surface area contributed by atoms with Gasteiger partial charge in [0.25, 0.3) is 0 Å². The number of ketones is 1. The van der Waals surface area contributed by atoms with Crippen molar-refractivity contribution in [3.05, 3.63) is 35.4 Å². The van der Waals surface area contributed by atoms with Gasteiger partial charge >= 0.3 is 0 Å². The van der Waals surface area contributed by atoms with Crippen molar-refractivity contribution in [2.75, 3.05) is 19.8 Å². The minimum atomic E-state index is 0.168. The molecule has 1 aromatic rings. The summed E-state index contributed by atoms with van der Waals surface area (Å²) in [6.45, 7) is 4.32. The van der Waals surface area contributed by atoms with Crippen LogP contribution in [0.25, 0.3) is 0 Å². The van der Waals surface area contributed by atoms with E-state index in [2.05, 4.69) is 18.3 Å². The van der Waals surface area contributed by atoms with Crippen LogP contribution in [0.3, 0.4) is 0 Å². The lowest BCUT2D eigenvalue weighted by molar-refractivity contribution is 0.0676. The van der Waals surface area contributed by atoms with Gasteiger partial charge in [0.2, 0.25) is 0 Å². The van der Waals surface area contributed by atoms with Gasteiger partial charge in [0.1, 0.15) is 0 Å². The van der Waals surface area contributed by atoms with Crippen LogP contribution < -0.4 is 5.32 Å². The number of carbonyl (C=O) groups is 1. The molecular formula is C14H19NO2. The molecule has 1 aliphatic rings. The summed E-state index contributed by atoms with van der Waals surface area (Å²) in [4.78, 5) is 12.1. The van der Waals surface area contributed by atoms with E-state index in [1.165, 1.54) is 5.56 Å². The first-order chi connectivity index (χ1) is 8.29.